The van der Waals surface area contributed by atoms with Gasteiger partial charge in [0, 0.05) is 5.56 Å². The molecule has 0 radical (unpaired) electrons. The summed E-state index contributed by atoms with van der Waals surface area (Å²) in [5.74, 6) is 2.19. The van der Waals surface area contributed by atoms with E-state index in [9.17, 15) is 4.79 Å². The van der Waals surface area contributed by atoms with Crippen LogP contribution in [0.15, 0.2) is 42.5 Å². The molecule has 0 fully saturated rings. The predicted octanol–water partition coefficient (Wildman–Crippen LogP) is 3.45. The minimum atomic E-state index is -0.269. The third kappa shape index (κ3) is 5.58. The predicted molar refractivity (Wildman–Crippen MR) is 101 cm³/mol. The first-order valence-electron chi connectivity index (χ1n) is 8.49. The highest BCUT2D eigenvalue weighted by Crippen LogP contribution is 2.29. The molecule has 0 saturated heterocycles. The van der Waals surface area contributed by atoms with Crippen molar-refractivity contribution in [2.45, 2.75) is 19.9 Å². The van der Waals surface area contributed by atoms with Gasteiger partial charge in [0.05, 0.1) is 26.8 Å². The Kier molecular flexibility index (Phi) is 7.14. The molecule has 2 N–H and O–H groups in total. The third-order valence-electron chi connectivity index (χ3n) is 3.93. The Morgan fingerprint density at radius 3 is 2.38 bits per heavy atom. The number of amides is 2. The number of hydrogen-bond acceptors (Lipinski definition) is 4. The number of urea groups is 1. The second-order valence-corrected chi connectivity index (χ2v) is 5.89. The second-order valence-electron chi connectivity index (χ2n) is 5.89. The summed E-state index contributed by atoms with van der Waals surface area (Å²) in [5.41, 5.74) is 2.02. The van der Waals surface area contributed by atoms with Crippen molar-refractivity contribution in [1.82, 2.24) is 10.6 Å². The van der Waals surface area contributed by atoms with Gasteiger partial charge in [-0.3, -0.25) is 0 Å². The zero-order valence-electron chi connectivity index (χ0n) is 15.7. The molecular weight excluding hydrogens is 332 g/mol. The summed E-state index contributed by atoms with van der Waals surface area (Å²) in [7, 11) is 3.20. The molecule has 0 bridgehead atoms. The van der Waals surface area contributed by atoms with Crippen LogP contribution in [-0.4, -0.2) is 33.4 Å². The van der Waals surface area contributed by atoms with Crippen LogP contribution in [0.3, 0.4) is 0 Å². The Morgan fingerprint density at radius 1 is 1.04 bits per heavy atom. The van der Waals surface area contributed by atoms with Crippen molar-refractivity contribution in [3.8, 4) is 17.2 Å². The highest BCUT2D eigenvalue weighted by molar-refractivity contribution is 5.74. The van der Waals surface area contributed by atoms with Crippen LogP contribution in [0.5, 0.6) is 17.2 Å². The van der Waals surface area contributed by atoms with E-state index in [1.54, 1.807) is 14.2 Å². The minimum absolute atomic E-state index is 0.238. The highest BCUT2D eigenvalue weighted by atomic mass is 16.5. The lowest BCUT2D eigenvalue weighted by Crippen LogP contribution is -2.39. The molecule has 6 nitrogen and oxygen atoms in total. The molecule has 2 rings (SSSR count). The summed E-state index contributed by atoms with van der Waals surface area (Å²) in [6.45, 7) is 4.71. The molecule has 0 aliphatic carbocycles. The summed E-state index contributed by atoms with van der Waals surface area (Å²) >= 11 is 0. The molecule has 6 heteroatoms. The first-order chi connectivity index (χ1) is 12.5. The van der Waals surface area contributed by atoms with Gasteiger partial charge in [-0.15, -0.1) is 0 Å². The number of carbonyl (C=O) groups excluding carboxylic acids is 1. The average Bonchev–Trinajstić information content (AvgIpc) is 2.66. The maximum Gasteiger partial charge on any atom is 0.315 e. The van der Waals surface area contributed by atoms with E-state index >= 15 is 0 Å². The lowest BCUT2D eigenvalue weighted by atomic mass is 10.1. The van der Waals surface area contributed by atoms with Gasteiger partial charge < -0.3 is 24.8 Å². The molecule has 2 aromatic rings. The van der Waals surface area contributed by atoms with Crippen molar-refractivity contribution in [3.63, 3.8) is 0 Å². The van der Waals surface area contributed by atoms with Crippen LogP contribution in [0, 0.1) is 6.92 Å². The number of carbonyl (C=O) groups is 1. The monoisotopic (exact) mass is 358 g/mol. The van der Waals surface area contributed by atoms with Gasteiger partial charge in [0.1, 0.15) is 23.9 Å². The van der Waals surface area contributed by atoms with Crippen molar-refractivity contribution in [3.05, 3.63) is 53.6 Å². The molecule has 140 valence electrons. The van der Waals surface area contributed by atoms with E-state index in [0.717, 1.165) is 11.3 Å². The van der Waals surface area contributed by atoms with Crippen LogP contribution in [0.2, 0.25) is 0 Å². The van der Waals surface area contributed by atoms with Crippen molar-refractivity contribution in [2.24, 2.45) is 0 Å². The molecule has 0 aliphatic rings. The van der Waals surface area contributed by atoms with E-state index < -0.39 is 0 Å². The molecule has 0 saturated carbocycles. The summed E-state index contributed by atoms with van der Waals surface area (Å²) in [5, 5.41) is 5.67. The van der Waals surface area contributed by atoms with Crippen molar-refractivity contribution in [1.29, 1.82) is 0 Å². The Labute approximate surface area is 154 Å². The average molecular weight is 358 g/mol. The van der Waals surface area contributed by atoms with Crippen LogP contribution in [-0.2, 0) is 0 Å². The quantitative estimate of drug-likeness (QED) is 0.709. The van der Waals surface area contributed by atoms with E-state index in [1.165, 1.54) is 5.56 Å². The summed E-state index contributed by atoms with van der Waals surface area (Å²) in [6.07, 6.45) is 0. The maximum atomic E-state index is 12.1. The van der Waals surface area contributed by atoms with Crippen LogP contribution < -0.4 is 24.8 Å². The molecule has 0 heterocycles. The number of nitrogens with one attached hydrogen (secondary N) is 2. The Morgan fingerprint density at radius 2 is 1.73 bits per heavy atom. The molecule has 1 unspecified atom stereocenters. The van der Waals surface area contributed by atoms with E-state index in [0.29, 0.717) is 24.7 Å². The zero-order chi connectivity index (χ0) is 18.9. The number of benzene rings is 2. The molecule has 1 atom stereocenters. The Hall–Kier alpha value is -2.89. The standard InChI is InChI=1S/C20H26N2O4/c1-14-5-7-16(8-6-14)26-12-11-21-20(23)22-15(2)18-13-17(24-3)9-10-19(18)25-4/h5-10,13,15H,11-12H2,1-4H3,(H2,21,22,23). The number of rotatable bonds is 8. The number of methoxy groups -OCH3 is 2. The van der Waals surface area contributed by atoms with E-state index in [2.05, 4.69) is 10.6 Å². The van der Waals surface area contributed by atoms with Crippen LogP contribution in [0.1, 0.15) is 24.1 Å². The van der Waals surface area contributed by atoms with Crippen molar-refractivity contribution >= 4 is 6.03 Å². The lowest BCUT2D eigenvalue weighted by Gasteiger charge is -2.18. The molecule has 0 aliphatic heterocycles. The number of ether oxygens (including phenoxy) is 3. The first-order valence-corrected chi connectivity index (χ1v) is 8.49. The molecule has 26 heavy (non-hydrogen) atoms. The van der Waals surface area contributed by atoms with Gasteiger partial charge in [-0.2, -0.15) is 0 Å². The minimum Gasteiger partial charge on any atom is -0.497 e. The largest absolute Gasteiger partial charge is 0.497 e. The van der Waals surface area contributed by atoms with Gasteiger partial charge in [0.2, 0.25) is 0 Å². The normalized spacial score (nSPS) is 11.4. The van der Waals surface area contributed by atoms with Gasteiger partial charge in [0.25, 0.3) is 0 Å². The summed E-state index contributed by atoms with van der Waals surface area (Å²) < 4.78 is 16.2. The molecular formula is C20H26N2O4. The van der Waals surface area contributed by atoms with E-state index in [1.807, 2.05) is 56.3 Å². The Bertz CT molecular complexity index is 716. The van der Waals surface area contributed by atoms with Gasteiger partial charge in [-0.25, -0.2) is 4.79 Å². The van der Waals surface area contributed by atoms with Gasteiger partial charge in [-0.05, 0) is 44.2 Å². The van der Waals surface area contributed by atoms with Crippen LogP contribution in [0.4, 0.5) is 4.79 Å². The van der Waals surface area contributed by atoms with Crippen LogP contribution in [0.25, 0.3) is 0 Å². The van der Waals surface area contributed by atoms with Crippen molar-refractivity contribution < 1.29 is 19.0 Å². The fourth-order valence-electron chi connectivity index (χ4n) is 2.47. The summed E-state index contributed by atoms with van der Waals surface area (Å²) in [4.78, 5) is 12.1. The maximum absolute atomic E-state index is 12.1. The fourth-order valence-corrected chi connectivity index (χ4v) is 2.47. The molecule has 2 amide bonds. The highest BCUT2D eigenvalue weighted by Gasteiger charge is 2.15. The van der Waals surface area contributed by atoms with Gasteiger partial charge in [0.15, 0.2) is 0 Å². The van der Waals surface area contributed by atoms with Gasteiger partial charge in [-0.1, -0.05) is 17.7 Å². The summed E-state index contributed by atoms with van der Waals surface area (Å²) in [6, 6.07) is 12.8. The molecule has 0 spiro atoms. The van der Waals surface area contributed by atoms with Crippen LogP contribution >= 0.6 is 0 Å². The van der Waals surface area contributed by atoms with E-state index in [4.69, 9.17) is 14.2 Å². The fraction of sp³-hybridized carbons (Fsp3) is 0.350. The first kappa shape index (κ1) is 19.4. The SMILES string of the molecule is COc1ccc(OC)c(C(C)NC(=O)NCCOc2ccc(C)cc2)c1. The third-order valence-corrected chi connectivity index (χ3v) is 3.93. The van der Waals surface area contributed by atoms with Gasteiger partial charge >= 0.3 is 6.03 Å². The second kappa shape index (κ2) is 9.56. The number of aryl methyl sites for hydroxylation is 1. The Balaban J connectivity index is 1.80. The molecule has 2 aromatic carbocycles. The zero-order valence-corrected chi connectivity index (χ0v) is 15.7. The van der Waals surface area contributed by atoms with Crippen molar-refractivity contribution in [2.75, 3.05) is 27.4 Å². The topological polar surface area (TPSA) is 68.8 Å². The molecule has 0 aromatic heterocycles. The van der Waals surface area contributed by atoms with E-state index in [-0.39, 0.29) is 12.1 Å². The number of hydrogen-bond donors (Lipinski definition) is 2. The lowest BCUT2D eigenvalue weighted by molar-refractivity contribution is 0.233. The smallest absolute Gasteiger partial charge is 0.315 e.